The van der Waals surface area contributed by atoms with Crippen LogP contribution in [-0.4, -0.2) is 39.2 Å². The maximum Gasteiger partial charge on any atom is 0.138 e. The van der Waals surface area contributed by atoms with E-state index in [0.717, 1.165) is 18.9 Å². The fourth-order valence-electron chi connectivity index (χ4n) is 3.68. The van der Waals surface area contributed by atoms with Gasteiger partial charge in [0.1, 0.15) is 12.2 Å². The van der Waals surface area contributed by atoms with Crippen molar-refractivity contribution >= 4 is 0 Å². The van der Waals surface area contributed by atoms with Gasteiger partial charge in [0.05, 0.1) is 6.54 Å². The predicted molar refractivity (Wildman–Crippen MR) is 69.8 cm³/mol. The summed E-state index contributed by atoms with van der Waals surface area (Å²) >= 11 is 0. The molecule has 1 aliphatic heterocycles. The number of hydrogen-bond acceptors (Lipinski definition) is 4. The summed E-state index contributed by atoms with van der Waals surface area (Å²) in [5, 5.41) is 6.92. The third-order valence-electron chi connectivity index (χ3n) is 4.89. The number of likely N-dealkylation sites (tertiary alicyclic amines) is 1. The third-order valence-corrected chi connectivity index (χ3v) is 4.89. The summed E-state index contributed by atoms with van der Waals surface area (Å²) in [5.41, 5.74) is 6.46. The first-order valence-corrected chi connectivity index (χ1v) is 7.12. The molecular formula is C13H23N5. The van der Waals surface area contributed by atoms with Crippen LogP contribution < -0.4 is 5.73 Å². The SMILES string of the molecule is NCC1(C2CCCCN2Cc2ncn[nH]2)CCC1. The van der Waals surface area contributed by atoms with Crippen LogP contribution in [0.25, 0.3) is 0 Å². The number of nitrogens with zero attached hydrogens (tertiary/aromatic N) is 3. The lowest BCUT2D eigenvalue weighted by Gasteiger charge is -2.53. The van der Waals surface area contributed by atoms with Crippen molar-refractivity contribution in [3.05, 3.63) is 12.2 Å². The second kappa shape index (κ2) is 4.97. The number of nitrogens with one attached hydrogen (secondary N) is 1. The summed E-state index contributed by atoms with van der Waals surface area (Å²) in [6.07, 6.45) is 9.50. The molecule has 2 fully saturated rings. The number of H-pyrrole nitrogens is 1. The van der Waals surface area contributed by atoms with Crippen molar-refractivity contribution in [3.63, 3.8) is 0 Å². The smallest absolute Gasteiger partial charge is 0.138 e. The molecule has 1 unspecified atom stereocenters. The zero-order chi connectivity index (χ0) is 12.4. The molecule has 1 aromatic rings. The summed E-state index contributed by atoms with van der Waals surface area (Å²) in [7, 11) is 0. The minimum absolute atomic E-state index is 0.389. The minimum Gasteiger partial charge on any atom is -0.330 e. The molecule has 100 valence electrons. The fourth-order valence-corrected chi connectivity index (χ4v) is 3.68. The summed E-state index contributed by atoms with van der Waals surface area (Å²) in [4.78, 5) is 6.84. The van der Waals surface area contributed by atoms with Crippen LogP contribution in [0, 0.1) is 5.41 Å². The molecule has 1 saturated carbocycles. The quantitative estimate of drug-likeness (QED) is 0.843. The zero-order valence-electron chi connectivity index (χ0n) is 10.9. The van der Waals surface area contributed by atoms with Gasteiger partial charge >= 0.3 is 0 Å². The predicted octanol–water partition coefficient (Wildman–Crippen LogP) is 1.29. The van der Waals surface area contributed by atoms with Gasteiger partial charge in [0.2, 0.25) is 0 Å². The molecule has 1 aromatic heterocycles. The molecule has 5 heteroatoms. The molecule has 3 rings (SSSR count). The molecule has 0 amide bonds. The lowest BCUT2D eigenvalue weighted by Crippen LogP contribution is -2.56. The summed E-state index contributed by atoms with van der Waals surface area (Å²) in [6.45, 7) is 2.91. The van der Waals surface area contributed by atoms with Crippen LogP contribution in [0.5, 0.6) is 0 Å². The van der Waals surface area contributed by atoms with E-state index in [1.54, 1.807) is 6.33 Å². The van der Waals surface area contributed by atoms with Crippen LogP contribution in [0.2, 0.25) is 0 Å². The van der Waals surface area contributed by atoms with Gasteiger partial charge in [-0.1, -0.05) is 12.8 Å². The number of nitrogens with two attached hydrogens (primary N) is 1. The van der Waals surface area contributed by atoms with E-state index in [-0.39, 0.29) is 0 Å². The van der Waals surface area contributed by atoms with Crippen molar-refractivity contribution < 1.29 is 0 Å². The van der Waals surface area contributed by atoms with Gasteiger partial charge in [-0.25, -0.2) is 4.98 Å². The van der Waals surface area contributed by atoms with Crippen molar-refractivity contribution in [2.75, 3.05) is 13.1 Å². The monoisotopic (exact) mass is 249 g/mol. The van der Waals surface area contributed by atoms with E-state index in [4.69, 9.17) is 5.73 Å². The highest BCUT2D eigenvalue weighted by Crippen LogP contribution is 2.47. The van der Waals surface area contributed by atoms with Gasteiger partial charge in [-0.15, -0.1) is 0 Å². The molecule has 5 nitrogen and oxygen atoms in total. The summed E-state index contributed by atoms with van der Waals surface area (Å²) in [5.74, 6) is 0.980. The van der Waals surface area contributed by atoms with E-state index in [1.807, 2.05) is 0 Å². The normalized spacial score (nSPS) is 27.9. The Bertz CT molecular complexity index is 365. The maximum atomic E-state index is 6.07. The van der Waals surface area contributed by atoms with E-state index in [9.17, 15) is 0 Å². The van der Waals surface area contributed by atoms with Gasteiger partial charge in [0, 0.05) is 6.04 Å². The number of piperidine rings is 1. The lowest BCUT2D eigenvalue weighted by atomic mass is 9.62. The van der Waals surface area contributed by atoms with Gasteiger partial charge in [0.25, 0.3) is 0 Å². The molecule has 1 aliphatic carbocycles. The highest BCUT2D eigenvalue weighted by molar-refractivity contribution is 5.01. The van der Waals surface area contributed by atoms with Crippen molar-refractivity contribution in [2.45, 2.75) is 51.1 Å². The molecule has 0 spiro atoms. The second-order valence-corrected chi connectivity index (χ2v) is 5.83. The lowest BCUT2D eigenvalue weighted by molar-refractivity contribution is -0.0216. The van der Waals surface area contributed by atoms with Crippen molar-refractivity contribution in [3.8, 4) is 0 Å². The van der Waals surface area contributed by atoms with E-state index in [1.165, 1.54) is 45.1 Å². The highest BCUT2D eigenvalue weighted by Gasteiger charge is 2.46. The fraction of sp³-hybridized carbons (Fsp3) is 0.846. The third kappa shape index (κ3) is 2.06. The van der Waals surface area contributed by atoms with Crippen LogP contribution in [-0.2, 0) is 6.54 Å². The second-order valence-electron chi connectivity index (χ2n) is 5.83. The number of aromatic amines is 1. The Morgan fingerprint density at radius 3 is 2.89 bits per heavy atom. The average molecular weight is 249 g/mol. The molecule has 3 N–H and O–H groups in total. The Hall–Kier alpha value is -0.940. The first kappa shape index (κ1) is 12.1. The topological polar surface area (TPSA) is 70.8 Å². The van der Waals surface area contributed by atoms with E-state index >= 15 is 0 Å². The number of aromatic nitrogens is 3. The molecule has 18 heavy (non-hydrogen) atoms. The summed E-state index contributed by atoms with van der Waals surface area (Å²) < 4.78 is 0. The number of hydrogen-bond donors (Lipinski definition) is 2. The van der Waals surface area contributed by atoms with Crippen LogP contribution in [0.3, 0.4) is 0 Å². The molecule has 0 bridgehead atoms. The zero-order valence-corrected chi connectivity index (χ0v) is 10.9. The standard InChI is InChI=1S/C13H23N5/c14-9-13(5-3-6-13)11-4-1-2-7-18(11)8-12-15-10-16-17-12/h10-11H,1-9,14H2,(H,15,16,17). The van der Waals surface area contributed by atoms with Crippen LogP contribution in [0.4, 0.5) is 0 Å². The first-order chi connectivity index (χ1) is 8.84. The van der Waals surface area contributed by atoms with Crippen molar-refractivity contribution in [1.29, 1.82) is 0 Å². The van der Waals surface area contributed by atoms with E-state index < -0.39 is 0 Å². The molecule has 0 radical (unpaired) electrons. The average Bonchev–Trinajstić information content (AvgIpc) is 2.83. The Balaban J connectivity index is 1.73. The molecular weight excluding hydrogens is 226 g/mol. The molecule has 1 atom stereocenters. The van der Waals surface area contributed by atoms with Gasteiger partial charge in [-0.05, 0) is 44.2 Å². The Kier molecular flexibility index (Phi) is 3.35. The van der Waals surface area contributed by atoms with E-state index in [0.29, 0.717) is 11.5 Å². The summed E-state index contributed by atoms with van der Waals surface area (Å²) in [6, 6.07) is 0.648. The number of rotatable bonds is 4. The van der Waals surface area contributed by atoms with Gasteiger partial charge in [0.15, 0.2) is 0 Å². The van der Waals surface area contributed by atoms with Gasteiger partial charge in [-0.3, -0.25) is 10.00 Å². The highest BCUT2D eigenvalue weighted by atomic mass is 15.3. The van der Waals surface area contributed by atoms with Crippen LogP contribution in [0.1, 0.15) is 44.3 Å². The maximum absolute atomic E-state index is 6.07. The van der Waals surface area contributed by atoms with E-state index in [2.05, 4.69) is 20.1 Å². The molecule has 2 aliphatic rings. The van der Waals surface area contributed by atoms with Crippen LogP contribution >= 0.6 is 0 Å². The largest absolute Gasteiger partial charge is 0.330 e. The van der Waals surface area contributed by atoms with Crippen LogP contribution in [0.15, 0.2) is 6.33 Å². The van der Waals surface area contributed by atoms with Crippen molar-refractivity contribution in [2.24, 2.45) is 11.1 Å². The molecule has 2 heterocycles. The Labute approximate surface area is 108 Å². The molecule has 0 aromatic carbocycles. The Morgan fingerprint density at radius 2 is 2.28 bits per heavy atom. The minimum atomic E-state index is 0.389. The Morgan fingerprint density at radius 1 is 1.39 bits per heavy atom. The van der Waals surface area contributed by atoms with Crippen molar-refractivity contribution in [1.82, 2.24) is 20.1 Å². The molecule has 1 saturated heterocycles. The first-order valence-electron chi connectivity index (χ1n) is 7.12. The van der Waals surface area contributed by atoms with Gasteiger partial charge < -0.3 is 5.73 Å². The van der Waals surface area contributed by atoms with Gasteiger partial charge in [-0.2, -0.15) is 5.10 Å².